The molecule has 1 aromatic carbocycles. The van der Waals surface area contributed by atoms with Gasteiger partial charge in [-0.25, -0.2) is 13.2 Å². The van der Waals surface area contributed by atoms with E-state index in [9.17, 15) is 13.2 Å². The third kappa shape index (κ3) is 4.30. The van der Waals surface area contributed by atoms with Gasteiger partial charge in [0, 0.05) is 0 Å². The van der Waals surface area contributed by atoms with E-state index >= 15 is 0 Å². The Morgan fingerprint density at radius 3 is 1.91 bits per heavy atom. The Labute approximate surface area is 137 Å². The Morgan fingerprint density at radius 1 is 0.739 bits per heavy atom. The van der Waals surface area contributed by atoms with Crippen LogP contribution in [0.25, 0.3) is 0 Å². The minimum Gasteiger partial charge on any atom is -0.204 e. The molecular weight excluding hydrogens is 297 g/mol. The summed E-state index contributed by atoms with van der Waals surface area (Å²) < 4.78 is 39.5. The molecule has 0 nitrogen and oxygen atoms in total. The molecule has 0 heterocycles. The van der Waals surface area contributed by atoms with Gasteiger partial charge >= 0.3 is 0 Å². The van der Waals surface area contributed by atoms with Crippen LogP contribution in [0.15, 0.2) is 12.1 Å². The summed E-state index contributed by atoms with van der Waals surface area (Å²) in [7, 11) is 0. The van der Waals surface area contributed by atoms with Gasteiger partial charge in [-0.05, 0) is 61.1 Å². The van der Waals surface area contributed by atoms with Gasteiger partial charge in [0.25, 0.3) is 0 Å². The molecule has 0 unspecified atom stereocenters. The average molecular weight is 324 g/mol. The van der Waals surface area contributed by atoms with Crippen molar-refractivity contribution < 1.29 is 13.2 Å². The largest absolute Gasteiger partial charge is 0.204 e. The van der Waals surface area contributed by atoms with Crippen LogP contribution in [-0.2, 0) is 6.42 Å². The lowest BCUT2D eigenvalue weighted by molar-refractivity contribution is 0.163. The highest BCUT2D eigenvalue weighted by molar-refractivity contribution is 5.19. The Morgan fingerprint density at radius 2 is 1.30 bits per heavy atom. The average Bonchev–Trinajstić information content (AvgIpc) is 2.59. The molecule has 2 fully saturated rings. The summed E-state index contributed by atoms with van der Waals surface area (Å²) in [5, 5.41) is 0. The van der Waals surface area contributed by atoms with E-state index in [1.165, 1.54) is 57.8 Å². The molecule has 0 N–H and O–H groups in total. The fourth-order valence-electron chi connectivity index (χ4n) is 4.68. The third-order valence-corrected chi connectivity index (χ3v) is 6.09. The zero-order valence-electron chi connectivity index (χ0n) is 13.8. The first-order valence-corrected chi connectivity index (χ1v) is 9.27. The van der Waals surface area contributed by atoms with Crippen LogP contribution in [0.2, 0.25) is 0 Å². The maximum Gasteiger partial charge on any atom is 0.194 e. The minimum absolute atomic E-state index is 0.579. The van der Waals surface area contributed by atoms with Gasteiger partial charge in [0.2, 0.25) is 0 Å². The molecule has 2 aliphatic carbocycles. The van der Waals surface area contributed by atoms with Crippen molar-refractivity contribution in [1.29, 1.82) is 0 Å². The zero-order chi connectivity index (χ0) is 16.2. The minimum atomic E-state index is -1.36. The van der Waals surface area contributed by atoms with Crippen LogP contribution in [0.1, 0.15) is 69.8 Å². The predicted molar refractivity (Wildman–Crippen MR) is 86.7 cm³/mol. The van der Waals surface area contributed by atoms with Crippen LogP contribution in [0.4, 0.5) is 13.2 Å². The fourth-order valence-corrected chi connectivity index (χ4v) is 4.68. The molecule has 0 spiro atoms. The van der Waals surface area contributed by atoms with Crippen LogP contribution >= 0.6 is 0 Å². The van der Waals surface area contributed by atoms with Crippen molar-refractivity contribution in [2.75, 3.05) is 0 Å². The summed E-state index contributed by atoms with van der Waals surface area (Å²) in [5.74, 6) is -0.980. The van der Waals surface area contributed by atoms with E-state index in [0.717, 1.165) is 30.4 Å². The van der Waals surface area contributed by atoms with Crippen LogP contribution in [0.5, 0.6) is 0 Å². The number of hydrogen-bond acceptors (Lipinski definition) is 0. The SMILES string of the molecule is Fc1cc(CCC2CCC(C3CCCCC3)CC2)cc(F)c1F. The molecule has 0 amide bonds. The molecule has 23 heavy (non-hydrogen) atoms. The number of aryl methyl sites for hydroxylation is 1. The summed E-state index contributed by atoms with van der Waals surface area (Å²) in [4.78, 5) is 0. The lowest BCUT2D eigenvalue weighted by atomic mass is 9.70. The van der Waals surface area contributed by atoms with E-state index in [1.807, 2.05) is 0 Å². The predicted octanol–water partition coefficient (Wildman–Crippen LogP) is 6.42. The highest BCUT2D eigenvalue weighted by atomic mass is 19.2. The molecule has 2 saturated carbocycles. The molecular formula is C20H27F3. The van der Waals surface area contributed by atoms with Crippen molar-refractivity contribution >= 4 is 0 Å². The maximum atomic E-state index is 13.2. The molecule has 0 bridgehead atoms. The Hall–Kier alpha value is -0.990. The number of rotatable bonds is 4. The third-order valence-electron chi connectivity index (χ3n) is 6.09. The van der Waals surface area contributed by atoms with Crippen molar-refractivity contribution in [1.82, 2.24) is 0 Å². The van der Waals surface area contributed by atoms with Gasteiger partial charge in [-0.15, -0.1) is 0 Å². The molecule has 0 aliphatic heterocycles. The van der Waals surface area contributed by atoms with E-state index in [1.54, 1.807) is 0 Å². The lowest BCUT2D eigenvalue weighted by Gasteiger charge is -2.36. The second kappa shape index (κ2) is 7.72. The molecule has 0 saturated heterocycles. The van der Waals surface area contributed by atoms with Gasteiger partial charge in [0.1, 0.15) is 0 Å². The van der Waals surface area contributed by atoms with Gasteiger partial charge in [-0.2, -0.15) is 0 Å². The molecule has 0 radical (unpaired) electrons. The monoisotopic (exact) mass is 324 g/mol. The van der Waals surface area contributed by atoms with Gasteiger partial charge in [-0.3, -0.25) is 0 Å². The van der Waals surface area contributed by atoms with Crippen molar-refractivity contribution in [3.8, 4) is 0 Å². The Kier molecular flexibility index (Phi) is 5.66. The maximum absolute atomic E-state index is 13.2. The van der Waals surface area contributed by atoms with Crippen molar-refractivity contribution in [2.45, 2.75) is 70.6 Å². The second-order valence-corrected chi connectivity index (χ2v) is 7.59. The van der Waals surface area contributed by atoms with Crippen LogP contribution < -0.4 is 0 Å². The summed E-state index contributed by atoms with van der Waals surface area (Å²) in [6, 6.07) is 2.29. The first kappa shape index (κ1) is 16.9. The van der Waals surface area contributed by atoms with Crippen molar-refractivity contribution in [2.24, 2.45) is 17.8 Å². The van der Waals surface area contributed by atoms with Crippen LogP contribution in [-0.4, -0.2) is 0 Å². The van der Waals surface area contributed by atoms with Gasteiger partial charge in [0.15, 0.2) is 17.5 Å². The molecule has 128 valence electrons. The van der Waals surface area contributed by atoms with E-state index < -0.39 is 17.5 Å². The number of benzene rings is 1. The first-order chi connectivity index (χ1) is 11.1. The highest BCUT2D eigenvalue weighted by Gasteiger charge is 2.28. The molecule has 3 heteroatoms. The summed E-state index contributed by atoms with van der Waals surface area (Å²) in [5.41, 5.74) is 0.579. The Balaban J connectivity index is 1.45. The van der Waals surface area contributed by atoms with Crippen LogP contribution in [0, 0.1) is 35.2 Å². The molecule has 0 atom stereocenters. The van der Waals surface area contributed by atoms with E-state index in [0.29, 0.717) is 17.9 Å². The molecule has 0 aromatic heterocycles. The van der Waals surface area contributed by atoms with E-state index in [-0.39, 0.29) is 0 Å². The zero-order valence-corrected chi connectivity index (χ0v) is 13.8. The highest BCUT2D eigenvalue weighted by Crippen LogP contribution is 2.40. The lowest BCUT2D eigenvalue weighted by Crippen LogP contribution is -2.23. The summed E-state index contributed by atoms with van der Waals surface area (Å²) in [6.45, 7) is 0. The second-order valence-electron chi connectivity index (χ2n) is 7.59. The summed E-state index contributed by atoms with van der Waals surface area (Å²) >= 11 is 0. The van der Waals surface area contributed by atoms with E-state index in [2.05, 4.69) is 0 Å². The first-order valence-electron chi connectivity index (χ1n) is 9.27. The van der Waals surface area contributed by atoms with E-state index in [4.69, 9.17) is 0 Å². The topological polar surface area (TPSA) is 0 Å². The Bertz CT molecular complexity index is 489. The number of halogens is 3. The van der Waals surface area contributed by atoms with Crippen molar-refractivity contribution in [3.63, 3.8) is 0 Å². The van der Waals surface area contributed by atoms with Crippen molar-refractivity contribution in [3.05, 3.63) is 35.1 Å². The standard InChI is InChI=1S/C20H27F3/c21-18-12-15(13-19(22)20(18)23)7-6-14-8-10-17(11-9-14)16-4-2-1-3-5-16/h12-14,16-17H,1-11H2. The quantitative estimate of drug-likeness (QED) is 0.560. The normalized spacial score (nSPS) is 26.4. The van der Waals surface area contributed by atoms with Crippen LogP contribution in [0.3, 0.4) is 0 Å². The molecule has 1 aromatic rings. The van der Waals surface area contributed by atoms with Gasteiger partial charge < -0.3 is 0 Å². The fraction of sp³-hybridized carbons (Fsp3) is 0.700. The smallest absolute Gasteiger partial charge is 0.194 e. The summed E-state index contributed by atoms with van der Waals surface area (Å²) in [6.07, 6.45) is 13.8. The molecule has 3 rings (SSSR count). The van der Waals surface area contributed by atoms with Gasteiger partial charge in [-0.1, -0.05) is 44.9 Å². The molecule has 2 aliphatic rings. The van der Waals surface area contributed by atoms with Gasteiger partial charge in [0.05, 0.1) is 0 Å². The number of hydrogen-bond donors (Lipinski definition) is 0.